The van der Waals surface area contributed by atoms with E-state index in [4.69, 9.17) is 16.3 Å². The molecule has 0 bridgehead atoms. The van der Waals surface area contributed by atoms with Gasteiger partial charge in [-0.1, -0.05) is 24.0 Å². The van der Waals surface area contributed by atoms with Gasteiger partial charge in [-0.05, 0) is 42.0 Å². The van der Waals surface area contributed by atoms with Crippen LogP contribution < -0.4 is 4.74 Å². The number of ether oxygens (including phenoxy) is 1. The molecule has 2 aromatic rings. The zero-order valence-electron chi connectivity index (χ0n) is 10.3. The first-order valence-electron chi connectivity index (χ1n) is 5.83. The van der Waals surface area contributed by atoms with Gasteiger partial charge in [0.25, 0.3) is 0 Å². The molecule has 0 aliphatic heterocycles. The number of hydrogen-bond donors (Lipinski definition) is 1. The summed E-state index contributed by atoms with van der Waals surface area (Å²) in [6.07, 6.45) is 0. The molecule has 0 aromatic heterocycles. The van der Waals surface area contributed by atoms with Crippen molar-refractivity contribution in [3.05, 3.63) is 59.7 Å². The average Bonchev–Trinajstić information content (AvgIpc) is 2.44. The zero-order chi connectivity index (χ0) is 13.5. The molecule has 0 atom stereocenters. The van der Waals surface area contributed by atoms with Crippen LogP contribution in [0, 0.1) is 11.8 Å². The molecule has 1 N–H and O–H groups in total. The Bertz CT molecular complexity index is 594. The van der Waals surface area contributed by atoms with Crippen molar-refractivity contribution in [2.75, 3.05) is 5.88 Å². The van der Waals surface area contributed by atoms with Crippen molar-refractivity contribution in [3.8, 4) is 23.3 Å². The quantitative estimate of drug-likeness (QED) is 0.684. The first-order valence-corrected chi connectivity index (χ1v) is 6.37. The summed E-state index contributed by atoms with van der Waals surface area (Å²) >= 11 is 5.49. The summed E-state index contributed by atoms with van der Waals surface area (Å²) in [4.78, 5) is 0. The first-order chi connectivity index (χ1) is 9.28. The van der Waals surface area contributed by atoms with Gasteiger partial charge in [-0.2, -0.15) is 0 Å². The number of halogens is 1. The van der Waals surface area contributed by atoms with E-state index in [0.717, 1.165) is 16.9 Å². The maximum Gasteiger partial charge on any atom is 0.119 e. The number of phenols is 1. The van der Waals surface area contributed by atoms with Crippen molar-refractivity contribution in [1.82, 2.24) is 0 Å². The fourth-order valence-corrected chi connectivity index (χ4v) is 1.65. The molecule has 0 heterocycles. The van der Waals surface area contributed by atoms with E-state index in [1.54, 1.807) is 18.2 Å². The Morgan fingerprint density at radius 2 is 1.89 bits per heavy atom. The molecule has 0 unspecified atom stereocenters. The van der Waals surface area contributed by atoms with Gasteiger partial charge < -0.3 is 9.84 Å². The Kier molecular flexibility index (Phi) is 4.72. The summed E-state index contributed by atoms with van der Waals surface area (Å²) in [5, 5.41) is 9.35. The lowest BCUT2D eigenvalue weighted by atomic mass is 10.2. The van der Waals surface area contributed by atoms with E-state index >= 15 is 0 Å². The summed E-state index contributed by atoms with van der Waals surface area (Å²) in [5.74, 6) is 7.06. The van der Waals surface area contributed by atoms with Crippen LogP contribution in [0.3, 0.4) is 0 Å². The highest BCUT2D eigenvalue weighted by Gasteiger charge is 1.97. The van der Waals surface area contributed by atoms with Crippen molar-refractivity contribution in [1.29, 1.82) is 0 Å². The predicted octanol–water partition coefficient (Wildman–Crippen LogP) is 3.56. The summed E-state index contributed by atoms with van der Waals surface area (Å²) in [5.41, 5.74) is 1.83. The van der Waals surface area contributed by atoms with Crippen LogP contribution in [0.1, 0.15) is 11.1 Å². The lowest BCUT2D eigenvalue weighted by Crippen LogP contribution is -1.94. The zero-order valence-corrected chi connectivity index (χ0v) is 11.0. The van der Waals surface area contributed by atoms with Crippen molar-refractivity contribution in [2.24, 2.45) is 0 Å². The van der Waals surface area contributed by atoms with Crippen LogP contribution in [0.5, 0.6) is 11.5 Å². The minimum absolute atomic E-state index is 0.243. The van der Waals surface area contributed by atoms with Crippen molar-refractivity contribution in [2.45, 2.75) is 6.61 Å². The van der Waals surface area contributed by atoms with Crippen molar-refractivity contribution < 1.29 is 9.84 Å². The monoisotopic (exact) mass is 272 g/mol. The molecule has 0 fully saturated rings. The highest BCUT2D eigenvalue weighted by molar-refractivity contribution is 6.19. The van der Waals surface area contributed by atoms with Gasteiger partial charge in [-0.15, -0.1) is 11.6 Å². The number of benzene rings is 2. The maximum atomic E-state index is 9.35. The maximum absolute atomic E-state index is 9.35. The Hall–Kier alpha value is -2.11. The Labute approximate surface area is 117 Å². The Morgan fingerprint density at radius 3 is 2.58 bits per heavy atom. The Balaban J connectivity index is 1.96. The molecular formula is C16H13ClO2. The molecule has 0 spiro atoms. The normalized spacial score (nSPS) is 9.53. The van der Waals surface area contributed by atoms with Crippen LogP contribution in [0.4, 0.5) is 0 Å². The molecule has 19 heavy (non-hydrogen) atoms. The van der Waals surface area contributed by atoms with E-state index < -0.39 is 0 Å². The predicted molar refractivity (Wildman–Crippen MR) is 76.5 cm³/mol. The summed E-state index contributed by atoms with van der Waals surface area (Å²) in [7, 11) is 0. The van der Waals surface area contributed by atoms with E-state index in [0.29, 0.717) is 12.5 Å². The summed E-state index contributed by atoms with van der Waals surface area (Å²) in [6, 6.07) is 14.5. The second kappa shape index (κ2) is 6.72. The van der Waals surface area contributed by atoms with Gasteiger partial charge in [0, 0.05) is 5.56 Å². The van der Waals surface area contributed by atoms with Gasteiger partial charge in [0.1, 0.15) is 18.1 Å². The van der Waals surface area contributed by atoms with E-state index in [-0.39, 0.29) is 5.75 Å². The minimum Gasteiger partial charge on any atom is -0.508 e. The molecule has 96 valence electrons. The molecule has 2 aromatic carbocycles. The SMILES string of the molecule is Oc1cccc(COc2ccc(C#CCCl)cc2)c1. The number of phenolic OH excluding ortho intramolecular Hbond substituents is 1. The Morgan fingerprint density at radius 1 is 1.11 bits per heavy atom. The van der Waals surface area contributed by atoms with Gasteiger partial charge in [0.05, 0.1) is 5.88 Å². The highest BCUT2D eigenvalue weighted by atomic mass is 35.5. The molecule has 0 saturated heterocycles. The average molecular weight is 273 g/mol. The largest absolute Gasteiger partial charge is 0.508 e. The van der Waals surface area contributed by atoms with Crippen LogP contribution in [-0.4, -0.2) is 11.0 Å². The van der Waals surface area contributed by atoms with Gasteiger partial charge >= 0.3 is 0 Å². The third-order valence-corrected chi connectivity index (χ3v) is 2.60. The number of alkyl halides is 1. The standard InChI is InChI=1S/C16H13ClO2/c17-10-2-4-13-6-8-16(9-7-13)19-12-14-3-1-5-15(18)11-14/h1,3,5-9,11,18H,10,12H2. The third kappa shape index (κ3) is 4.24. The first kappa shape index (κ1) is 13.3. The second-order valence-electron chi connectivity index (χ2n) is 3.92. The van der Waals surface area contributed by atoms with E-state index in [9.17, 15) is 5.11 Å². The lowest BCUT2D eigenvalue weighted by molar-refractivity contribution is 0.305. The van der Waals surface area contributed by atoms with E-state index in [1.807, 2.05) is 30.3 Å². The fourth-order valence-electron chi connectivity index (χ4n) is 1.58. The van der Waals surface area contributed by atoms with Crippen LogP contribution >= 0.6 is 11.6 Å². The fraction of sp³-hybridized carbons (Fsp3) is 0.125. The number of aromatic hydroxyl groups is 1. The minimum atomic E-state index is 0.243. The van der Waals surface area contributed by atoms with Crippen molar-refractivity contribution in [3.63, 3.8) is 0 Å². The molecule has 0 radical (unpaired) electrons. The molecule has 0 amide bonds. The van der Waals surface area contributed by atoms with Gasteiger partial charge in [0.2, 0.25) is 0 Å². The third-order valence-electron chi connectivity index (χ3n) is 2.47. The molecule has 2 rings (SSSR count). The molecule has 0 aliphatic carbocycles. The molecule has 0 saturated carbocycles. The van der Waals surface area contributed by atoms with Crippen LogP contribution in [0.25, 0.3) is 0 Å². The molecule has 3 heteroatoms. The van der Waals surface area contributed by atoms with Gasteiger partial charge in [-0.3, -0.25) is 0 Å². The van der Waals surface area contributed by atoms with Crippen molar-refractivity contribution >= 4 is 11.6 Å². The molecule has 2 nitrogen and oxygen atoms in total. The highest BCUT2D eigenvalue weighted by Crippen LogP contribution is 2.16. The number of rotatable bonds is 3. The number of hydrogen-bond acceptors (Lipinski definition) is 2. The second-order valence-corrected chi connectivity index (χ2v) is 4.19. The van der Waals surface area contributed by atoms with Crippen LogP contribution in [-0.2, 0) is 6.61 Å². The lowest BCUT2D eigenvalue weighted by Gasteiger charge is -2.06. The van der Waals surface area contributed by atoms with Crippen LogP contribution in [0.15, 0.2) is 48.5 Å². The van der Waals surface area contributed by atoms with Crippen LogP contribution in [0.2, 0.25) is 0 Å². The van der Waals surface area contributed by atoms with E-state index in [1.165, 1.54) is 0 Å². The summed E-state index contributed by atoms with van der Waals surface area (Å²) < 4.78 is 5.62. The van der Waals surface area contributed by atoms with E-state index in [2.05, 4.69) is 11.8 Å². The topological polar surface area (TPSA) is 29.5 Å². The van der Waals surface area contributed by atoms with Gasteiger partial charge in [-0.25, -0.2) is 0 Å². The molecule has 0 aliphatic rings. The summed E-state index contributed by atoms with van der Waals surface area (Å²) in [6.45, 7) is 0.418. The van der Waals surface area contributed by atoms with Gasteiger partial charge in [0.15, 0.2) is 0 Å². The smallest absolute Gasteiger partial charge is 0.119 e. The molecular weight excluding hydrogens is 260 g/mol.